The van der Waals surface area contributed by atoms with Gasteiger partial charge in [-0.15, -0.1) is 0 Å². The molecule has 1 amide bonds. The quantitative estimate of drug-likeness (QED) is 0.929. The van der Waals surface area contributed by atoms with E-state index in [9.17, 15) is 4.79 Å². The number of nitrogens with one attached hydrogen (secondary N) is 1. The lowest BCUT2D eigenvalue weighted by atomic mass is 9.85. The van der Waals surface area contributed by atoms with Crippen LogP contribution in [0.15, 0.2) is 35.0 Å². The average molecular weight is 277 g/mol. The van der Waals surface area contributed by atoms with Crippen molar-refractivity contribution >= 4 is 23.4 Å². The second-order valence-electron chi connectivity index (χ2n) is 4.69. The van der Waals surface area contributed by atoms with E-state index in [2.05, 4.69) is 10.5 Å². The third-order valence-corrected chi connectivity index (χ3v) is 3.69. The number of nitrogens with zero attached hydrogens (tertiary/aromatic N) is 1. The maximum Gasteiger partial charge on any atom is 0.239 e. The smallest absolute Gasteiger partial charge is 0.239 e. The van der Waals surface area contributed by atoms with E-state index in [1.54, 1.807) is 18.3 Å². The van der Waals surface area contributed by atoms with Crippen LogP contribution in [0.1, 0.15) is 19.3 Å². The van der Waals surface area contributed by atoms with Crippen LogP contribution in [0.2, 0.25) is 5.02 Å². The van der Waals surface area contributed by atoms with Crippen LogP contribution < -0.4 is 5.32 Å². The summed E-state index contributed by atoms with van der Waals surface area (Å²) in [4.78, 5) is 11.9. The van der Waals surface area contributed by atoms with E-state index in [0.717, 1.165) is 30.4 Å². The molecule has 3 rings (SSSR count). The van der Waals surface area contributed by atoms with E-state index in [0.29, 0.717) is 10.9 Å². The number of carbonyl (C=O) groups excluding carboxylic acids is 1. The van der Waals surface area contributed by atoms with Gasteiger partial charge in [0.15, 0.2) is 0 Å². The van der Waals surface area contributed by atoms with Crippen molar-refractivity contribution in [1.82, 2.24) is 5.16 Å². The topological polar surface area (TPSA) is 55.1 Å². The van der Waals surface area contributed by atoms with Gasteiger partial charge >= 0.3 is 0 Å². The molecular weight excluding hydrogens is 264 g/mol. The summed E-state index contributed by atoms with van der Waals surface area (Å²) in [6, 6.07) is 7.32. The van der Waals surface area contributed by atoms with Crippen molar-refractivity contribution < 1.29 is 9.32 Å². The van der Waals surface area contributed by atoms with Crippen molar-refractivity contribution in [2.75, 3.05) is 5.32 Å². The minimum atomic E-state index is 0.0122. The molecule has 19 heavy (non-hydrogen) atoms. The Morgan fingerprint density at radius 1 is 1.32 bits per heavy atom. The Morgan fingerprint density at radius 2 is 2.05 bits per heavy atom. The van der Waals surface area contributed by atoms with Gasteiger partial charge in [-0.25, -0.2) is 0 Å². The fourth-order valence-electron chi connectivity index (χ4n) is 2.05. The van der Waals surface area contributed by atoms with Crippen LogP contribution >= 0.6 is 11.6 Å². The molecule has 1 aliphatic rings. The number of anilines is 1. The Kier molecular flexibility index (Phi) is 3.25. The SMILES string of the molecule is O=C(Nc1oncc1-c1ccc(Cl)cc1)C1CCC1. The molecular formula is C14H13ClN2O2. The maximum atomic E-state index is 11.9. The summed E-state index contributed by atoms with van der Waals surface area (Å²) < 4.78 is 5.12. The highest BCUT2D eigenvalue weighted by molar-refractivity contribution is 6.30. The van der Waals surface area contributed by atoms with Crippen molar-refractivity contribution in [3.8, 4) is 11.1 Å². The molecule has 1 heterocycles. The van der Waals surface area contributed by atoms with Crippen molar-refractivity contribution in [1.29, 1.82) is 0 Å². The Balaban J connectivity index is 1.81. The zero-order chi connectivity index (χ0) is 13.2. The van der Waals surface area contributed by atoms with E-state index < -0.39 is 0 Å². The van der Waals surface area contributed by atoms with Crippen LogP contribution in [0.4, 0.5) is 5.88 Å². The number of rotatable bonds is 3. The summed E-state index contributed by atoms with van der Waals surface area (Å²) >= 11 is 5.86. The summed E-state index contributed by atoms with van der Waals surface area (Å²) in [6.07, 6.45) is 4.63. The van der Waals surface area contributed by atoms with Gasteiger partial charge in [0, 0.05) is 10.9 Å². The fourth-order valence-corrected chi connectivity index (χ4v) is 2.18. The van der Waals surface area contributed by atoms with Gasteiger partial charge in [-0.2, -0.15) is 0 Å². The van der Waals surface area contributed by atoms with Crippen molar-refractivity contribution in [3.63, 3.8) is 0 Å². The van der Waals surface area contributed by atoms with E-state index in [1.807, 2.05) is 12.1 Å². The van der Waals surface area contributed by atoms with E-state index in [4.69, 9.17) is 16.1 Å². The van der Waals surface area contributed by atoms with Gasteiger partial charge in [0.1, 0.15) is 0 Å². The minimum absolute atomic E-state index is 0.0122. The molecule has 0 bridgehead atoms. The molecule has 0 unspecified atom stereocenters. The molecule has 1 N–H and O–H groups in total. The molecule has 1 saturated carbocycles. The van der Waals surface area contributed by atoms with Gasteiger partial charge in [-0.3, -0.25) is 10.1 Å². The first-order valence-corrected chi connectivity index (χ1v) is 6.63. The fraction of sp³-hybridized carbons (Fsp3) is 0.286. The maximum absolute atomic E-state index is 11.9. The first-order chi connectivity index (χ1) is 9.24. The zero-order valence-corrected chi connectivity index (χ0v) is 11.0. The Labute approximate surface area is 115 Å². The lowest BCUT2D eigenvalue weighted by Gasteiger charge is -2.23. The third kappa shape index (κ3) is 2.49. The molecule has 0 radical (unpaired) electrons. The first-order valence-electron chi connectivity index (χ1n) is 6.25. The predicted octanol–water partition coefficient (Wildman–Crippen LogP) is 3.73. The third-order valence-electron chi connectivity index (χ3n) is 3.44. The highest BCUT2D eigenvalue weighted by Gasteiger charge is 2.26. The highest BCUT2D eigenvalue weighted by Crippen LogP contribution is 2.31. The number of hydrogen-bond acceptors (Lipinski definition) is 3. The molecule has 2 aromatic rings. The number of aromatic nitrogens is 1. The van der Waals surface area contributed by atoms with Gasteiger partial charge in [0.25, 0.3) is 0 Å². The summed E-state index contributed by atoms with van der Waals surface area (Å²) in [6.45, 7) is 0. The Morgan fingerprint density at radius 3 is 2.68 bits per heavy atom. The molecule has 5 heteroatoms. The van der Waals surface area contributed by atoms with Gasteiger partial charge in [0.2, 0.25) is 11.8 Å². The van der Waals surface area contributed by atoms with Crippen molar-refractivity contribution in [2.24, 2.45) is 5.92 Å². The second-order valence-corrected chi connectivity index (χ2v) is 5.13. The van der Waals surface area contributed by atoms with Crippen LogP contribution in [-0.4, -0.2) is 11.1 Å². The lowest BCUT2D eigenvalue weighted by molar-refractivity contribution is -0.122. The van der Waals surface area contributed by atoms with E-state index in [-0.39, 0.29) is 11.8 Å². The number of benzene rings is 1. The molecule has 0 aliphatic heterocycles. The summed E-state index contributed by atoms with van der Waals surface area (Å²) in [5.41, 5.74) is 1.68. The predicted molar refractivity (Wildman–Crippen MR) is 72.9 cm³/mol. The van der Waals surface area contributed by atoms with Crippen LogP contribution in [0.25, 0.3) is 11.1 Å². The largest absolute Gasteiger partial charge is 0.338 e. The molecule has 0 spiro atoms. The molecule has 98 valence electrons. The summed E-state index contributed by atoms with van der Waals surface area (Å²) in [7, 11) is 0. The van der Waals surface area contributed by atoms with Gasteiger partial charge in [-0.1, -0.05) is 35.3 Å². The van der Waals surface area contributed by atoms with Crippen LogP contribution in [-0.2, 0) is 4.79 Å². The van der Waals surface area contributed by atoms with E-state index in [1.165, 1.54) is 0 Å². The van der Waals surface area contributed by atoms with Crippen molar-refractivity contribution in [3.05, 3.63) is 35.5 Å². The van der Waals surface area contributed by atoms with E-state index >= 15 is 0 Å². The van der Waals surface area contributed by atoms with Gasteiger partial charge in [-0.05, 0) is 30.5 Å². The van der Waals surface area contributed by atoms with Gasteiger partial charge < -0.3 is 4.52 Å². The molecule has 0 saturated heterocycles. The lowest BCUT2D eigenvalue weighted by Crippen LogP contribution is -2.28. The Bertz CT molecular complexity index is 588. The van der Waals surface area contributed by atoms with Crippen LogP contribution in [0, 0.1) is 5.92 Å². The number of carbonyl (C=O) groups is 1. The average Bonchev–Trinajstić information content (AvgIpc) is 2.76. The first kappa shape index (κ1) is 12.2. The minimum Gasteiger partial charge on any atom is -0.338 e. The Hall–Kier alpha value is -1.81. The zero-order valence-electron chi connectivity index (χ0n) is 10.2. The van der Waals surface area contributed by atoms with Crippen LogP contribution in [0.3, 0.4) is 0 Å². The molecule has 4 nitrogen and oxygen atoms in total. The normalized spacial score (nSPS) is 15.0. The molecule has 1 fully saturated rings. The molecule has 1 aromatic heterocycles. The molecule has 0 atom stereocenters. The second kappa shape index (κ2) is 5.05. The molecule has 1 aliphatic carbocycles. The summed E-state index contributed by atoms with van der Waals surface area (Å²) in [5.74, 6) is 0.528. The monoisotopic (exact) mass is 276 g/mol. The molecule has 1 aromatic carbocycles. The highest BCUT2D eigenvalue weighted by atomic mass is 35.5. The van der Waals surface area contributed by atoms with Gasteiger partial charge in [0.05, 0.1) is 11.8 Å². The van der Waals surface area contributed by atoms with Crippen LogP contribution in [0.5, 0.6) is 0 Å². The van der Waals surface area contributed by atoms with Crippen molar-refractivity contribution in [2.45, 2.75) is 19.3 Å². The number of hydrogen-bond donors (Lipinski definition) is 1. The number of halogens is 1. The summed E-state index contributed by atoms with van der Waals surface area (Å²) in [5, 5.41) is 7.23. The standard InChI is InChI=1S/C14H13ClN2O2/c15-11-6-4-9(5-7-11)12-8-16-19-14(12)17-13(18)10-2-1-3-10/h4-8,10H,1-3H2,(H,17,18). The number of amides is 1.